The Balaban J connectivity index is 1.21. The van der Waals surface area contributed by atoms with E-state index in [0.717, 1.165) is 18.6 Å². The molecule has 0 radical (unpaired) electrons. The van der Waals surface area contributed by atoms with E-state index >= 15 is 0 Å². The molecule has 2 heterocycles. The van der Waals surface area contributed by atoms with E-state index in [-0.39, 0.29) is 11.7 Å². The molecule has 11 rings (SSSR count). The van der Waals surface area contributed by atoms with E-state index in [2.05, 4.69) is 151 Å². The molecule has 3 heteroatoms. The van der Waals surface area contributed by atoms with Gasteiger partial charge in [-0.3, -0.25) is 0 Å². The summed E-state index contributed by atoms with van der Waals surface area (Å²) in [4.78, 5) is 5.79. The molecular formula is C45H33N3. The number of para-hydroxylation sites is 1. The zero-order valence-electron chi connectivity index (χ0n) is 27.0. The molecule has 4 aliphatic rings. The first-order valence-electron chi connectivity index (χ1n) is 17.2. The van der Waals surface area contributed by atoms with Gasteiger partial charge in [-0.1, -0.05) is 123 Å². The van der Waals surface area contributed by atoms with Crippen molar-refractivity contribution in [3.05, 3.63) is 161 Å². The van der Waals surface area contributed by atoms with Crippen LogP contribution in [0.2, 0.25) is 0 Å². The Bertz CT molecular complexity index is 2730. The lowest BCUT2D eigenvalue weighted by atomic mass is 9.84. The van der Waals surface area contributed by atoms with Crippen LogP contribution >= 0.6 is 0 Å². The van der Waals surface area contributed by atoms with Gasteiger partial charge in [0.2, 0.25) is 6.29 Å². The number of hydrogen-bond donors (Lipinski definition) is 1. The summed E-state index contributed by atoms with van der Waals surface area (Å²) in [7, 11) is 0. The number of nitrogens with zero attached hydrogens (tertiary/aromatic N) is 2. The molecule has 0 bridgehead atoms. The SMILES string of the molecule is CC1(C)C2=C(C(c3ccc4c5c(cccc35)C3=C4C=CCC3)=NC(n3c4ccccc4c4cc5ccccc5cc43)N2)c2ccccc21. The fourth-order valence-electron chi connectivity index (χ4n) is 9.23. The van der Waals surface area contributed by atoms with Gasteiger partial charge < -0.3 is 9.88 Å². The predicted octanol–water partition coefficient (Wildman–Crippen LogP) is 10.9. The minimum absolute atomic E-state index is 0.211. The standard InChI is InChI=1S/C45H33N3/c1-45(2)37-20-9-7-17-35(37)41-42(34-23-22-33-29-15-6-5-14-28(29)31-18-11-19-32(34)40(31)33)46-44(47-43(41)45)48-38-21-10-8-16-30(38)36-24-26-12-3-4-13-27(26)25-39(36)48/h3-4,6-13,15-25,44,47H,5,14H2,1-2H3. The van der Waals surface area contributed by atoms with Crippen LogP contribution in [0, 0.1) is 0 Å². The number of aliphatic imine (C=N–C) groups is 1. The summed E-state index contributed by atoms with van der Waals surface area (Å²) in [5, 5.41) is 11.7. The van der Waals surface area contributed by atoms with Gasteiger partial charge in [0.1, 0.15) is 0 Å². The number of hydrogen-bond acceptors (Lipinski definition) is 2. The van der Waals surface area contributed by atoms with Crippen molar-refractivity contribution < 1.29 is 0 Å². The molecule has 1 aromatic heterocycles. The van der Waals surface area contributed by atoms with Crippen LogP contribution in [-0.4, -0.2) is 10.3 Å². The average Bonchev–Trinajstić information content (AvgIpc) is 3.71. The molecule has 0 spiro atoms. The number of nitrogens with one attached hydrogen (secondary N) is 1. The van der Waals surface area contributed by atoms with E-state index in [1.807, 2.05) is 0 Å². The zero-order valence-corrected chi connectivity index (χ0v) is 27.0. The highest BCUT2D eigenvalue weighted by Crippen LogP contribution is 2.52. The van der Waals surface area contributed by atoms with Gasteiger partial charge in [-0.15, -0.1) is 0 Å². The van der Waals surface area contributed by atoms with Crippen molar-refractivity contribution in [3.63, 3.8) is 0 Å². The third-order valence-electron chi connectivity index (χ3n) is 11.4. The van der Waals surface area contributed by atoms with Crippen LogP contribution in [0.15, 0.2) is 138 Å². The fourth-order valence-corrected chi connectivity index (χ4v) is 9.23. The molecule has 0 saturated heterocycles. The van der Waals surface area contributed by atoms with Gasteiger partial charge >= 0.3 is 0 Å². The molecule has 1 aliphatic heterocycles. The van der Waals surface area contributed by atoms with Crippen LogP contribution in [0.3, 0.4) is 0 Å². The van der Waals surface area contributed by atoms with E-state index in [1.165, 1.54) is 93.6 Å². The van der Waals surface area contributed by atoms with Crippen molar-refractivity contribution in [1.82, 2.24) is 9.88 Å². The predicted molar refractivity (Wildman–Crippen MR) is 201 cm³/mol. The van der Waals surface area contributed by atoms with Gasteiger partial charge in [-0.25, -0.2) is 4.99 Å². The minimum Gasteiger partial charge on any atom is -0.349 e. The molecule has 3 aliphatic carbocycles. The zero-order chi connectivity index (χ0) is 31.7. The second-order valence-electron chi connectivity index (χ2n) is 14.2. The third-order valence-corrected chi connectivity index (χ3v) is 11.4. The molecule has 7 aromatic rings. The lowest BCUT2D eigenvalue weighted by molar-refractivity contribution is 0.438. The summed E-state index contributed by atoms with van der Waals surface area (Å²) in [6.07, 6.45) is 6.55. The Morgan fingerprint density at radius 1 is 0.688 bits per heavy atom. The van der Waals surface area contributed by atoms with E-state index < -0.39 is 0 Å². The molecule has 3 nitrogen and oxygen atoms in total. The first-order chi connectivity index (χ1) is 23.6. The number of allylic oxidation sites excluding steroid dienone is 6. The van der Waals surface area contributed by atoms with Crippen molar-refractivity contribution in [2.24, 2.45) is 4.99 Å². The lowest BCUT2D eigenvalue weighted by Gasteiger charge is -2.33. The van der Waals surface area contributed by atoms with Gasteiger partial charge in [0.15, 0.2) is 0 Å². The smallest absolute Gasteiger partial charge is 0.201 e. The van der Waals surface area contributed by atoms with E-state index in [4.69, 9.17) is 4.99 Å². The quantitative estimate of drug-likeness (QED) is 0.206. The third kappa shape index (κ3) is 3.31. The Morgan fingerprint density at radius 2 is 1.44 bits per heavy atom. The van der Waals surface area contributed by atoms with Crippen molar-refractivity contribution in [2.75, 3.05) is 0 Å². The molecule has 6 aromatic carbocycles. The fraction of sp³-hybridized carbons (Fsp3) is 0.133. The normalized spacial score (nSPS) is 18.9. The second kappa shape index (κ2) is 9.23. The van der Waals surface area contributed by atoms with Crippen molar-refractivity contribution in [2.45, 2.75) is 38.4 Å². The van der Waals surface area contributed by atoms with Crippen LogP contribution in [0.1, 0.15) is 60.8 Å². The van der Waals surface area contributed by atoms with Crippen LogP contribution < -0.4 is 5.32 Å². The van der Waals surface area contributed by atoms with Crippen LogP contribution in [0.25, 0.3) is 60.1 Å². The van der Waals surface area contributed by atoms with E-state index in [0.29, 0.717) is 0 Å². The maximum absolute atomic E-state index is 5.79. The van der Waals surface area contributed by atoms with Gasteiger partial charge in [0, 0.05) is 33.0 Å². The summed E-state index contributed by atoms with van der Waals surface area (Å²) < 4.78 is 2.44. The molecule has 48 heavy (non-hydrogen) atoms. The first kappa shape index (κ1) is 26.4. The molecule has 1 N–H and O–H groups in total. The molecule has 0 saturated carbocycles. The molecule has 228 valence electrons. The molecule has 0 fully saturated rings. The summed E-state index contributed by atoms with van der Waals surface area (Å²) >= 11 is 0. The van der Waals surface area contributed by atoms with Gasteiger partial charge in [-0.2, -0.15) is 0 Å². The topological polar surface area (TPSA) is 29.3 Å². The van der Waals surface area contributed by atoms with Crippen LogP contribution in [0.4, 0.5) is 0 Å². The number of fused-ring (bicyclic) bond motifs is 8. The average molecular weight is 616 g/mol. The van der Waals surface area contributed by atoms with Gasteiger partial charge in [0.05, 0.1) is 16.7 Å². The second-order valence-corrected chi connectivity index (χ2v) is 14.2. The van der Waals surface area contributed by atoms with Gasteiger partial charge in [-0.05, 0) is 86.0 Å². The van der Waals surface area contributed by atoms with Crippen molar-refractivity contribution >= 4 is 65.8 Å². The maximum Gasteiger partial charge on any atom is 0.201 e. The highest BCUT2D eigenvalue weighted by Gasteiger charge is 2.43. The number of rotatable bonds is 2. The highest BCUT2D eigenvalue weighted by molar-refractivity contribution is 6.38. The monoisotopic (exact) mass is 615 g/mol. The van der Waals surface area contributed by atoms with Gasteiger partial charge in [0.25, 0.3) is 0 Å². The molecule has 0 amide bonds. The minimum atomic E-state index is -0.326. The van der Waals surface area contributed by atoms with Crippen LogP contribution in [-0.2, 0) is 5.41 Å². The first-order valence-corrected chi connectivity index (χ1v) is 17.2. The van der Waals surface area contributed by atoms with E-state index in [9.17, 15) is 0 Å². The van der Waals surface area contributed by atoms with Crippen molar-refractivity contribution in [3.8, 4) is 0 Å². The van der Waals surface area contributed by atoms with Crippen LogP contribution in [0.5, 0.6) is 0 Å². The number of aromatic nitrogens is 1. The Hall–Kier alpha value is -5.67. The maximum atomic E-state index is 5.79. The molecular weight excluding hydrogens is 583 g/mol. The number of benzene rings is 6. The Labute approximate surface area is 279 Å². The largest absolute Gasteiger partial charge is 0.349 e. The highest BCUT2D eigenvalue weighted by atomic mass is 15.3. The summed E-state index contributed by atoms with van der Waals surface area (Å²) in [6, 6.07) is 42.7. The lowest BCUT2D eigenvalue weighted by Crippen LogP contribution is -2.36. The summed E-state index contributed by atoms with van der Waals surface area (Å²) in [5.74, 6) is 0. The Kier molecular flexibility index (Phi) is 5.08. The summed E-state index contributed by atoms with van der Waals surface area (Å²) in [5.41, 5.74) is 15.2. The van der Waals surface area contributed by atoms with Crippen molar-refractivity contribution in [1.29, 1.82) is 0 Å². The molecule has 1 atom stereocenters. The molecule has 1 unspecified atom stereocenters. The Morgan fingerprint density at radius 3 is 2.35 bits per heavy atom. The summed E-state index contributed by atoms with van der Waals surface area (Å²) in [6.45, 7) is 4.72. The van der Waals surface area contributed by atoms with E-state index in [1.54, 1.807) is 0 Å².